The van der Waals surface area contributed by atoms with Gasteiger partial charge in [0.2, 0.25) is 0 Å². The van der Waals surface area contributed by atoms with Gasteiger partial charge in [-0.05, 0) is 24.6 Å². The van der Waals surface area contributed by atoms with Gasteiger partial charge in [-0.1, -0.05) is 0 Å². The summed E-state index contributed by atoms with van der Waals surface area (Å²) >= 11 is 5.46. The number of ether oxygens (including phenoxy) is 1. The van der Waals surface area contributed by atoms with E-state index in [0.29, 0.717) is 19.1 Å². The third kappa shape index (κ3) is 4.44. The van der Waals surface area contributed by atoms with E-state index in [-0.39, 0.29) is 0 Å². The molecule has 0 spiro atoms. The number of nitrogens with zero attached hydrogens (tertiary/aromatic N) is 1. The third-order valence-corrected chi connectivity index (χ3v) is 1.84. The van der Waals surface area contributed by atoms with Gasteiger partial charge >= 0.3 is 0 Å². The van der Waals surface area contributed by atoms with Crippen molar-refractivity contribution >= 4 is 17.4 Å². The Kier molecular flexibility index (Phi) is 5.33. The Morgan fingerprint density at radius 1 is 1.50 bits per heavy atom. The molecule has 14 heavy (non-hydrogen) atoms. The van der Waals surface area contributed by atoms with Crippen molar-refractivity contribution in [2.75, 3.05) is 31.0 Å². The molecule has 4 heteroatoms. The lowest BCUT2D eigenvalue weighted by Gasteiger charge is -2.05. The quantitative estimate of drug-likeness (QED) is 0.582. The number of aryl methyl sites for hydroxylation is 1. The van der Waals surface area contributed by atoms with Gasteiger partial charge in [0.15, 0.2) is 0 Å². The highest BCUT2D eigenvalue weighted by atomic mass is 35.5. The average molecular weight is 215 g/mol. The Bertz CT molecular complexity index is 268. The first-order valence-electron chi connectivity index (χ1n) is 4.63. The Morgan fingerprint density at radius 3 is 3.07 bits per heavy atom. The number of hydrogen-bond donors (Lipinski definition) is 1. The maximum Gasteiger partial charge on any atom is 0.126 e. The van der Waals surface area contributed by atoms with Crippen LogP contribution in [0.4, 0.5) is 5.82 Å². The summed E-state index contributed by atoms with van der Waals surface area (Å²) in [6.07, 6.45) is 1.79. The lowest BCUT2D eigenvalue weighted by atomic mass is 10.3. The number of aromatic nitrogens is 1. The molecule has 0 aliphatic carbocycles. The highest BCUT2D eigenvalue weighted by Gasteiger charge is 1.92. The lowest BCUT2D eigenvalue weighted by Crippen LogP contribution is -2.11. The molecule has 0 aromatic carbocycles. The van der Waals surface area contributed by atoms with Crippen LogP contribution in [-0.2, 0) is 4.74 Å². The fraction of sp³-hybridized carbons (Fsp3) is 0.500. The van der Waals surface area contributed by atoms with E-state index in [1.54, 1.807) is 6.20 Å². The van der Waals surface area contributed by atoms with Crippen molar-refractivity contribution in [2.24, 2.45) is 0 Å². The molecule has 0 aliphatic rings. The van der Waals surface area contributed by atoms with E-state index in [1.807, 2.05) is 19.1 Å². The molecule has 0 saturated carbocycles. The zero-order valence-corrected chi connectivity index (χ0v) is 9.05. The van der Waals surface area contributed by atoms with Crippen LogP contribution in [0.25, 0.3) is 0 Å². The summed E-state index contributed by atoms with van der Waals surface area (Å²) in [4.78, 5) is 4.16. The van der Waals surface area contributed by atoms with Crippen molar-refractivity contribution < 1.29 is 4.74 Å². The van der Waals surface area contributed by atoms with Crippen molar-refractivity contribution in [1.29, 1.82) is 0 Å². The van der Waals surface area contributed by atoms with Crippen LogP contribution >= 0.6 is 11.6 Å². The molecule has 0 amide bonds. The topological polar surface area (TPSA) is 34.2 Å². The van der Waals surface area contributed by atoms with Gasteiger partial charge in [0.05, 0.1) is 13.2 Å². The number of alkyl halides is 1. The molecule has 0 aliphatic heterocycles. The molecule has 0 saturated heterocycles. The number of halogens is 1. The van der Waals surface area contributed by atoms with E-state index < -0.39 is 0 Å². The van der Waals surface area contributed by atoms with Gasteiger partial charge in [-0.15, -0.1) is 11.6 Å². The smallest absolute Gasteiger partial charge is 0.126 e. The van der Waals surface area contributed by atoms with E-state index in [0.717, 1.165) is 12.4 Å². The van der Waals surface area contributed by atoms with Gasteiger partial charge in [0, 0.05) is 18.6 Å². The van der Waals surface area contributed by atoms with Gasteiger partial charge in [0.1, 0.15) is 5.82 Å². The normalized spacial score (nSPS) is 10.1. The minimum Gasteiger partial charge on any atom is -0.378 e. The van der Waals surface area contributed by atoms with Crippen molar-refractivity contribution in [1.82, 2.24) is 4.98 Å². The summed E-state index contributed by atoms with van der Waals surface area (Å²) < 4.78 is 5.21. The summed E-state index contributed by atoms with van der Waals surface area (Å²) in [7, 11) is 0. The zero-order valence-electron chi connectivity index (χ0n) is 8.29. The van der Waals surface area contributed by atoms with Crippen LogP contribution in [0.1, 0.15) is 5.56 Å². The van der Waals surface area contributed by atoms with Crippen molar-refractivity contribution in [3.8, 4) is 0 Å². The van der Waals surface area contributed by atoms with Crippen LogP contribution in [0, 0.1) is 6.92 Å². The second kappa shape index (κ2) is 6.62. The maximum atomic E-state index is 5.46. The van der Waals surface area contributed by atoms with E-state index in [4.69, 9.17) is 16.3 Å². The van der Waals surface area contributed by atoms with Gasteiger partial charge in [-0.2, -0.15) is 0 Å². The predicted molar refractivity (Wildman–Crippen MR) is 59.0 cm³/mol. The molecule has 1 aromatic heterocycles. The summed E-state index contributed by atoms with van der Waals surface area (Å²) in [5.41, 5.74) is 1.20. The highest BCUT2D eigenvalue weighted by Crippen LogP contribution is 2.04. The summed E-state index contributed by atoms with van der Waals surface area (Å²) in [5, 5.41) is 3.17. The SMILES string of the molecule is Cc1ccnc(NCCOCCCl)c1. The first-order chi connectivity index (χ1) is 6.83. The standard InChI is InChI=1S/C10H15ClN2O/c1-9-2-4-12-10(8-9)13-5-7-14-6-3-11/h2,4,8H,3,5-7H2,1H3,(H,12,13). The van der Waals surface area contributed by atoms with Crippen LogP contribution in [-0.4, -0.2) is 30.6 Å². The third-order valence-electron chi connectivity index (χ3n) is 1.69. The summed E-state index contributed by atoms with van der Waals surface area (Å²) in [5.74, 6) is 1.43. The summed E-state index contributed by atoms with van der Waals surface area (Å²) in [6.45, 7) is 4.05. The molecule has 0 unspecified atom stereocenters. The van der Waals surface area contributed by atoms with Crippen molar-refractivity contribution in [3.63, 3.8) is 0 Å². The van der Waals surface area contributed by atoms with Gasteiger partial charge < -0.3 is 10.1 Å². The fourth-order valence-corrected chi connectivity index (χ4v) is 1.15. The molecule has 1 heterocycles. The number of pyridine rings is 1. The molecular formula is C10H15ClN2O. The van der Waals surface area contributed by atoms with Crippen LogP contribution in [0.5, 0.6) is 0 Å². The van der Waals surface area contributed by atoms with Crippen LogP contribution in [0.3, 0.4) is 0 Å². The van der Waals surface area contributed by atoms with Crippen LogP contribution in [0.15, 0.2) is 18.3 Å². The van der Waals surface area contributed by atoms with E-state index in [2.05, 4.69) is 10.3 Å². The Labute approximate surface area is 89.4 Å². The number of nitrogens with one attached hydrogen (secondary N) is 1. The molecule has 1 N–H and O–H groups in total. The van der Waals surface area contributed by atoms with Gasteiger partial charge in [-0.25, -0.2) is 4.98 Å². The lowest BCUT2D eigenvalue weighted by molar-refractivity contribution is 0.160. The molecule has 0 fully saturated rings. The second-order valence-electron chi connectivity index (χ2n) is 2.95. The first kappa shape index (κ1) is 11.3. The van der Waals surface area contributed by atoms with E-state index in [9.17, 15) is 0 Å². The van der Waals surface area contributed by atoms with E-state index >= 15 is 0 Å². The molecule has 0 atom stereocenters. The monoisotopic (exact) mass is 214 g/mol. The fourth-order valence-electron chi connectivity index (χ4n) is 1.04. The highest BCUT2D eigenvalue weighted by molar-refractivity contribution is 6.17. The molecule has 78 valence electrons. The largest absolute Gasteiger partial charge is 0.378 e. The minimum atomic E-state index is 0.544. The van der Waals surface area contributed by atoms with Gasteiger partial charge in [-0.3, -0.25) is 0 Å². The van der Waals surface area contributed by atoms with E-state index in [1.165, 1.54) is 5.56 Å². The van der Waals surface area contributed by atoms with Crippen molar-refractivity contribution in [3.05, 3.63) is 23.9 Å². The molecular weight excluding hydrogens is 200 g/mol. The number of rotatable bonds is 6. The Morgan fingerprint density at radius 2 is 2.36 bits per heavy atom. The summed E-state index contributed by atoms with van der Waals surface area (Å²) in [6, 6.07) is 3.97. The molecule has 0 radical (unpaired) electrons. The minimum absolute atomic E-state index is 0.544. The Hall–Kier alpha value is -0.800. The number of anilines is 1. The van der Waals surface area contributed by atoms with Crippen LogP contribution < -0.4 is 5.32 Å². The number of hydrogen-bond acceptors (Lipinski definition) is 3. The zero-order chi connectivity index (χ0) is 10.2. The van der Waals surface area contributed by atoms with Crippen LogP contribution in [0.2, 0.25) is 0 Å². The molecule has 0 bridgehead atoms. The molecule has 1 rings (SSSR count). The molecule has 1 aromatic rings. The average Bonchev–Trinajstić information content (AvgIpc) is 2.18. The van der Waals surface area contributed by atoms with Crippen molar-refractivity contribution in [2.45, 2.75) is 6.92 Å². The molecule has 3 nitrogen and oxygen atoms in total. The predicted octanol–water partition coefficient (Wildman–Crippen LogP) is 2.06. The van der Waals surface area contributed by atoms with Gasteiger partial charge in [0.25, 0.3) is 0 Å². The second-order valence-corrected chi connectivity index (χ2v) is 3.32. The first-order valence-corrected chi connectivity index (χ1v) is 5.16. The maximum absolute atomic E-state index is 5.46. The Balaban J connectivity index is 2.18.